The van der Waals surface area contributed by atoms with Crippen LogP contribution in [0.1, 0.15) is 46.0 Å². The number of nitrogens with zero attached hydrogens (tertiary/aromatic N) is 1. The lowest BCUT2D eigenvalue weighted by molar-refractivity contribution is 0.0903. The molecule has 5 nitrogen and oxygen atoms in total. The molecule has 0 radical (unpaired) electrons. The first-order chi connectivity index (χ1) is 8.97. The van der Waals surface area contributed by atoms with Crippen LogP contribution in [-0.2, 0) is 14.8 Å². The molecule has 1 fully saturated rings. The van der Waals surface area contributed by atoms with E-state index < -0.39 is 10.0 Å². The summed E-state index contributed by atoms with van der Waals surface area (Å²) in [7, 11) is -3.25. The van der Waals surface area contributed by atoms with E-state index in [1.165, 1.54) is 6.42 Å². The maximum Gasteiger partial charge on any atom is 0.216 e. The Morgan fingerprint density at radius 2 is 1.89 bits per heavy atom. The van der Waals surface area contributed by atoms with Crippen LogP contribution in [0.4, 0.5) is 0 Å². The Kier molecular flexibility index (Phi) is 7.28. The van der Waals surface area contributed by atoms with Crippen LogP contribution in [0.25, 0.3) is 0 Å². The molecule has 0 heterocycles. The molecule has 0 aliphatic heterocycles. The number of hydrogen-bond acceptors (Lipinski definition) is 4. The number of sulfonamides is 1. The molecule has 1 aliphatic rings. The minimum atomic E-state index is -3.25. The third-order valence-corrected chi connectivity index (χ3v) is 5.36. The number of nitrogens with two attached hydrogens (primary N) is 1. The molecule has 0 bridgehead atoms. The maximum absolute atomic E-state index is 12.4. The predicted octanol–water partition coefficient (Wildman–Crippen LogP) is 1.33. The van der Waals surface area contributed by atoms with Gasteiger partial charge in [-0.15, -0.1) is 0 Å². The van der Waals surface area contributed by atoms with Gasteiger partial charge in [0, 0.05) is 19.1 Å². The van der Waals surface area contributed by atoms with Crippen molar-refractivity contribution in [3.05, 3.63) is 0 Å². The molecule has 0 saturated heterocycles. The van der Waals surface area contributed by atoms with Crippen molar-refractivity contribution in [2.24, 2.45) is 5.73 Å². The van der Waals surface area contributed by atoms with Gasteiger partial charge >= 0.3 is 0 Å². The van der Waals surface area contributed by atoms with Crippen molar-refractivity contribution in [1.29, 1.82) is 0 Å². The molecule has 0 spiro atoms. The van der Waals surface area contributed by atoms with Crippen LogP contribution in [0.3, 0.4) is 0 Å². The summed E-state index contributed by atoms with van der Waals surface area (Å²) >= 11 is 0. The van der Waals surface area contributed by atoms with Crippen molar-refractivity contribution < 1.29 is 13.2 Å². The monoisotopic (exact) mass is 292 g/mol. The zero-order chi connectivity index (χ0) is 14.3. The van der Waals surface area contributed by atoms with E-state index in [4.69, 9.17) is 10.5 Å². The van der Waals surface area contributed by atoms with E-state index >= 15 is 0 Å². The topological polar surface area (TPSA) is 72.6 Å². The smallest absolute Gasteiger partial charge is 0.216 e. The SMILES string of the molecule is CC(C)OCCS(=O)(=O)N(CCN)C1CCCCC1. The minimum absolute atomic E-state index is 0.0572. The van der Waals surface area contributed by atoms with Gasteiger partial charge in [0.2, 0.25) is 10.0 Å². The molecule has 6 heteroatoms. The van der Waals surface area contributed by atoms with Crippen molar-refractivity contribution in [3.8, 4) is 0 Å². The van der Waals surface area contributed by atoms with Gasteiger partial charge in [0.25, 0.3) is 0 Å². The summed E-state index contributed by atoms with van der Waals surface area (Å²) in [6, 6.07) is 0.140. The molecule has 2 N–H and O–H groups in total. The molecule has 1 saturated carbocycles. The zero-order valence-electron chi connectivity index (χ0n) is 12.2. The van der Waals surface area contributed by atoms with Crippen molar-refractivity contribution in [3.63, 3.8) is 0 Å². The summed E-state index contributed by atoms with van der Waals surface area (Å²) in [4.78, 5) is 0. The second-order valence-corrected chi connectivity index (χ2v) is 7.47. The van der Waals surface area contributed by atoms with E-state index in [2.05, 4.69) is 0 Å². The summed E-state index contributed by atoms with van der Waals surface area (Å²) < 4.78 is 31.8. The fourth-order valence-electron chi connectivity index (χ4n) is 2.55. The molecule has 1 rings (SSSR count). The van der Waals surface area contributed by atoms with Gasteiger partial charge in [-0.25, -0.2) is 8.42 Å². The first kappa shape index (κ1) is 16.9. The van der Waals surface area contributed by atoms with Crippen LogP contribution < -0.4 is 5.73 Å². The molecular formula is C13H28N2O3S. The Balaban J connectivity index is 2.61. The molecule has 19 heavy (non-hydrogen) atoms. The standard InChI is InChI=1S/C13H28N2O3S/c1-12(2)18-10-11-19(16,17)15(9-8-14)13-6-4-3-5-7-13/h12-13H,3-11,14H2,1-2H3. The summed E-state index contributed by atoms with van der Waals surface area (Å²) in [5.41, 5.74) is 5.57. The van der Waals surface area contributed by atoms with Crippen molar-refractivity contribution in [1.82, 2.24) is 4.31 Å². The Hall–Kier alpha value is -0.170. The molecule has 114 valence electrons. The van der Waals surface area contributed by atoms with Gasteiger partial charge in [0.05, 0.1) is 18.5 Å². The van der Waals surface area contributed by atoms with Gasteiger partial charge in [-0.2, -0.15) is 4.31 Å². The highest BCUT2D eigenvalue weighted by molar-refractivity contribution is 7.89. The maximum atomic E-state index is 12.4. The van der Waals surface area contributed by atoms with Crippen LogP contribution in [0, 0.1) is 0 Å². The number of hydrogen-bond donors (Lipinski definition) is 1. The number of ether oxygens (including phenoxy) is 1. The average molecular weight is 292 g/mol. The summed E-state index contributed by atoms with van der Waals surface area (Å²) in [6.45, 7) is 4.88. The summed E-state index contributed by atoms with van der Waals surface area (Å²) in [6.07, 6.45) is 5.43. The number of rotatable bonds is 8. The van der Waals surface area contributed by atoms with Crippen LogP contribution in [0.2, 0.25) is 0 Å². The molecule has 0 unspecified atom stereocenters. The highest BCUT2D eigenvalue weighted by Crippen LogP contribution is 2.24. The summed E-state index contributed by atoms with van der Waals surface area (Å²) in [5, 5.41) is 0. The quantitative estimate of drug-likeness (QED) is 0.732. The van der Waals surface area contributed by atoms with Crippen LogP contribution in [0.5, 0.6) is 0 Å². The largest absolute Gasteiger partial charge is 0.378 e. The Morgan fingerprint density at radius 3 is 2.42 bits per heavy atom. The third-order valence-electron chi connectivity index (χ3n) is 3.48. The van der Waals surface area contributed by atoms with Crippen LogP contribution in [0.15, 0.2) is 0 Å². The molecule has 0 aromatic heterocycles. The third kappa shape index (κ3) is 5.77. The first-order valence-electron chi connectivity index (χ1n) is 7.28. The Labute approximate surface area is 117 Å². The Morgan fingerprint density at radius 1 is 1.26 bits per heavy atom. The minimum Gasteiger partial charge on any atom is -0.378 e. The molecule has 0 atom stereocenters. The Bertz CT molecular complexity index is 338. The molecular weight excluding hydrogens is 264 g/mol. The van der Waals surface area contributed by atoms with E-state index in [1.54, 1.807) is 4.31 Å². The highest BCUT2D eigenvalue weighted by atomic mass is 32.2. The second kappa shape index (κ2) is 8.19. The fraction of sp³-hybridized carbons (Fsp3) is 1.00. The van der Waals surface area contributed by atoms with Gasteiger partial charge in [0.15, 0.2) is 0 Å². The van der Waals surface area contributed by atoms with E-state index in [-0.39, 0.29) is 24.5 Å². The fourth-order valence-corrected chi connectivity index (χ4v) is 4.14. The van der Waals surface area contributed by atoms with Gasteiger partial charge in [-0.1, -0.05) is 19.3 Å². The van der Waals surface area contributed by atoms with E-state index in [0.717, 1.165) is 25.7 Å². The van der Waals surface area contributed by atoms with E-state index in [1.807, 2.05) is 13.8 Å². The lowest BCUT2D eigenvalue weighted by atomic mass is 9.95. The van der Waals surface area contributed by atoms with Gasteiger partial charge < -0.3 is 10.5 Å². The van der Waals surface area contributed by atoms with Crippen LogP contribution in [-0.4, -0.2) is 50.3 Å². The van der Waals surface area contributed by atoms with Gasteiger partial charge in [-0.3, -0.25) is 0 Å². The molecule has 0 aromatic rings. The highest BCUT2D eigenvalue weighted by Gasteiger charge is 2.30. The predicted molar refractivity (Wildman–Crippen MR) is 77.5 cm³/mol. The van der Waals surface area contributed by atoms with Crippen LogP contribution >= 0.6 is 0 Å². The molecule has 0 aromatic carbocycles. The lowest BCUT2D eigenvalue weighted by Crippen LogP contribution is -2.45. The van der Waals surface area contributed by atoms with Crippen molar-refractivity contribution in [2.75, 3.05) is 25.4 Å². The van der Waals surface area contributed by atoms with E-state index in [9.17, 15) is 8.42 Å². The second-order valence-electron chi connectivity index (χ2n) is 5.43. The first-order valence-corrected chi connectivity index (χ1v) is 8.89. The average Bonchev–Trinajstić information content (AvgIpc) is 2.36. The molecule has 0 amide bonds. The van der Waals surface area contributed by atoms with Gasteiger partial charge in [0.1, 0.15) is 0 Å². The normalized spacial score (nSPS) is 18.4. The zero-order valence-corrected chi connectivity index (χ0v) is 13.0. The van der Waals surface area contributed by atoms with Crippen molar-refractivity contribution in [2.45, 2.75) is 58.1 Å². The van der Waals surface area contributed by atoms with Crippen molar-refractivity contribution >= 4 is 10.0 Å². The summed E-state index contributed by atoms with van der Waals surface area (Å²) in [5.74, 6) is 0.0572. The van der Waals surface area contributed by atoms with Gasteiger partial charge in [-0.05, 0) is 26.7 Å². The lowest BCUT2D eigenvalue weighted by Gasteiger charge is -2.33. The van der Waals surface area contributed by atoms with E-state index in [0.29, 0.717) is 13.1 Å². The molecule has 1 aliphatic carbocycles.